The Morgan fingerprint density at radius 3 is 2.48 bits per heavy atom. The number of aliphatic hydroxyl groups excluding tert-OH is 1. The molecule has 124 valence electrons. The molecule has 0 unspecified atom stereocenters. The van der Waals surface area contributed by atoms with Gasteiger partial charge in [0.1, 0.15) is 11.5 Å². The SMILES string of the molecule is CC(C)Oc1ccc(CN=CC2=C(O)CC(C)(C)CC2=O)cc1. The number of allylic oxidation sites excluding steroid dienone is 2. The number of Topliss-reactive ketones (excluding diaryl/α,β-unsaturated/α-hetero) is 1. The van der Waals surface area contributed by atoms with E-state index in [9.17, 15) is 9.90 Å². The molecule has 1 aliphatic carbocycles. The second-order valence-corrected chi connectivity index (χ2v) is 7.08. The van der Waals surface area contributed by atoms with Gasteiger partial charge in [-0.3, -0.25) is 9.79 Å². The summed E-state index contributed by atoms with van der Waals surface area (Å²) in [5, 5.41) is 10.0. The zero-order valence-electron chi connectivity index (χ0n) is 14.3. The number of ether oxygens (including phenoxy) is 1. The number of carbonyl (C=O) groups is 1. The predicted molar refractivity (Wildman–Crippen MR) is 92.1 cm³/mol. The van der Waals surface area contributed by atoms with E-state index in [1.165, 1.54) is 6.21 Å². The highest BCUT2D eigenvalue weighted by Crippen LogP contribution is 2.35. The highest BCUT2D eigenvalue weighted by Gasteiger charge is 2.32. The van der Waals surface area contributed by atoms with Crippen LogP contribution in [0.25, 0.3) is 0 Å². The highest BCUT2D eigenvalue weighted by atomic mass is 16.5. The van der Waals surface area contributed by atoms with E-state index in [0.717, 1.165) is 11.3 Å². The molecular weight excluding hydrogens is 290 g/mol. The molecule has 0 atom stereocenters. The van der Waals surface area contributed by atoms with Crippen LogP contribution >= 0.6 is 0 Å². The van der Waals surface area contributed by atoms with Crippen LogP contribution in [0.4, 0.5) is 0 Å². The first kappa shape index (κ1) is 17.3. The number of aliphatic hydroxyl groups is 1. The molecule has 0 amide bonds. The molecule has 0 saturated carbocycles. The lowest BCUT2D eigenvalue weighted by atomic mass is 9.77. The van der Waals surface area contributed by atoms with Gasteiger partial charge in [-0.2, -0.15) is 0 Å². The van der Waals surface area contributed by atoms with E-state index in [0.29, 0.717) is 25.0 Å². The van der Waals surface area contributed by atoms with Crippen LogP contribution in [-0.2, 0) is 11.3 Å². The normalized spacial score (nSPS) is 18.0. The zero-order valence-corrected chi connectivity index (χ0v) is 14.3. The van der Waals surface area contributed by atoms with Crippen LogP contribution in [0.5, 0.6) is 5.75 Å². The summed E-state index contributed by atoms with van der Waals surface area (Å²) in [4.78, 5) is 16.4. The topological polar surface area (TPSA) is 58.9 Å². The Morgan fingerprint density at radius 1 is 1.26 bits per heavy atom. The molecule has 1 aromatic rings. The molecule has 0 spiro atoms. The third-order valence-electron chi connectivity index (χ3n) is 3.69. The number of nitrogens with zero attached hydrogens (tertiary/aromatic N) is 1. The molecule has 0 aromatic heterocycles. The van der Waals surface area contributed by atoms with Crippen molar-refractivity contribution < 1.29 is 14.6 Å². The summed E-state index contributed by atoms with van der Waals surface area (Å²) < 4.78 is 5.59. The molecule has 1 N–H and O–H groups in total. The first-order valence-electron chi connectivity index (χ1n) is 7.97. The minimum atomic E-state index is -0.176. The van der Waals surface area contributed by atoms with Crippen molar-refractivity contribution in [2.75, 3.05) is 0 Å². The van der Waals surface area contributed by atoms with Crippen LogP contribution in [0.2, 0.25) is 0 Å². The van der Waals surface area contributed by atoms with E-state index in [1.54, 1.807) is 0 Å². The third kappa shape index (κ3) is 4.95. The van der Waals surface area contributed by atoms with Gasteiger partial charge in [0.2, 0.25) is 0 Å². The number of benzene rings is 1. The maximum atomic E-state index is 12.1. The molecule has 4 nitrogen and oxygen atoms in total. The Hall–Kier alpha value is -2.10. The smallest absolute Gasteiger partial charge is 0.168 e. The Balaban J connectivity index is 2.00. The van der Waals surface area contributed by atoms with Crippen molar-refractivity contribution in [2.24, 2.45) is 10.4 Å². The lowest BCUT2D eigenvalue weighted by molar-refractivity contribution is -0.117. The molecule has 2 rings (SSSR count). The molecule has 23 heavy (non-hydrogen) atoms. The average molecular weight is 315 g/mol. The summed E-state index contributed by atoms with van der Waals surface area (Å²) in [6.07, 6.45) is 2.61. The molecule has 0 bridgehead atoms. The number of rotatable bonds is 5. The fraction of sp³-hybridized carbons (Fsp3) is 0.474. The molecule has 0 radical (unpaired) electrons. The molecule has 0 fully saturated rings. The van der Waals surface area contributed by atoms with Crippen LogP contribution in [0.15, 0.2) is 40.6 Å². The lowest BCUT2D eigenvalue weighted by Gasteiger charge is -2.28. The quantitative estimate of drug-likeness (QED) is 0.827. The van der Waals surface area contributed by atoms with E-state index >= 15 is 0 Å². The van der Waals surface area contributed by atoms with Gasteiger partial charge in [-0.05, 0) is 37.0 Å². The van der Waals surface area contributed by atoms with Gasteiger partial charge in [0.05, 0.1) is 18.2 Å². The molecule has 1 aromatic carbocycles. The predicted octanol–water partition coefficient (Wildman–Crippen LogP) is 4.25. The van der Waals surface area contributed by atoms with E-state index in [-0.39, 0.29) is 23.1 Å². The Bertz CT molecular complexity index is 625. The largest absolute Gasteiger partial charge is 0.511 e. The van der Waals surface area contributed by atoms with Crippen molar-refractivity contribution in [3.8, 4) is 5.75 Å². The van der Waals surface area contributed by atoms with Gasteiger partial charge in [-0.1, -0.05) is 26.0 Å². The minimum Gasteiger partial charge on any atom is -0.511 e. The standard InChI is InChI=1S/C19H25NO3/c1-13(2)23-15-7-5-14(6-8-15)11-20-12-16-17(21)9-19(3,4)10-18(16)22/h5-8,12-13,21H,9-11H2,1-4H3. The van der Waals surface area contributed by atoms with Gasteiger partial charge in [0, 0.05) is 19.1 Å². The maximum Gasteiger partial charge on any atom is 0.168 e. The number of hydrogen-bond acceptors (Lipinski definition) is 4. The fourth-order valence-corrected chi connectivity index (χ4v) is 2.64. The number of aliphatic imine (C=N–C) groups is 1. The van der Waals surface area contributed by atoms with Crippen LogP contribution in [0.1, 0.15) is 46.1 Å². The molecule has 4 heteroatoms. The highest BCUT2D eigenvalue weighted by molar-refractivity contribution is 6.14. The van der Waals surface area contributed by atoms with Gasteiger partial charge in [0.25, 0.3) is 0 Å². The van der Waals surface area contributed by atoms with Gasteiger partial charge in [-0.25, -0.2) is 0 Å². The Labute approximate surface area is 137 Å². The van der Waals surface area contributed by atoms with Crippen molar-refractivity contribution in [3.05, 3.63) is 41.2 Å². The minimum absolute atomic E-state index is 0.0387. The summed E-state index contributed by atoms with van der Waals surface area (Å²) in [6, 6.07) is 7.73. The van der Waals surface area contributed by atoms with Crippen molar-refractivity contribution in [1.82, 2.24) is 0 Å². The lowest BCUT2D eigenvalue weighted by Crippen LogP contribution is -2.26. The zero-order chi connectivity index (χ0) is 17.0. The van der Waals surface area contributed by atoms with Crippen LogP contribution < -0.4 is 4.74 Å². The average Bonchev–Trinajstić information content (AvgIpc) is 2.42. The van der Waals surface area contributed by atoms with Crippen molar-refractivity contribution >= 4 is 12.0 Å². The Kier molecular flexibility index (Phi) is 5.24. The number of ketones is 1. The van der Waals surface area contributed by atoms with E-state index < -0.39 is 0 Å². The summed E-state index contributed by atoms with van der Waals surface area (Å²) in [5.41, 5.74) is 1.20. The number of hydrogen-bond donors (Lipinski definition) is 1. The fourth-order valence-electron chi connectivity index (χ4n) is 2.64. The first-order valence-corrected chi connectivity index (χ1v) is 7.97. The summed E-state index contributed by atoms with van der Waals surface area (Å²) in [6.45, 7) is 8.41. The van der Waals surface area contributed by atoms with Gasteiger partial charge < -0.3 is 9.84 Å². The molecule has 0 saturated heterocycles. The van der Waals surface area contributed by atoms with Crippen molar-refractivity contribution in [1.29, 1.82) is 0 Å². The third-order valence-corrected chi connectivity index (χ3v) is 3.69. The van der Waals surface area contributed by atoms with Crippen LogP contribution in [0.3, 0.4) is 0 Å². The maximum absolute atomic E-state index is 12.1. The van der Waals surface area contributed by atoms with E-state index in [4.69, 9.17) is 4.74 Å². The van der Waals surface area contributed by atoms with Crippen molar-refractivity contribution in [3.63, 3.8) is 0 Å². The molecular formula is C19H25NO3. The van der Waals surface area contributed by atoms with Crippen molar-refractivity contribution in [2.45, 2.75) is 53.2 Å². The van der Waals surface area contributed by atoms with Gasteiger partial charge in [-0.15, -0.1) is 0 Å². The van der Waals surface area contributed by atoms with Gasteiger partial charge in [0.15, 0.2) is 5.78 Å². The molecule has 0 aliphatic heterocycles. The van der Waals surface area contributed by atoms with E-state index in [1.807, 2.05) is 52.0 Å². The number of carbonyl (C=O) groups excluding carboxylic acids is 1. The van der Waals surface area contributed by atoms with Crippen LogP contribution in [-0.4, -0.2) is 23.2 Å². The second kappa shape index (κ2) is 6.99. The first-order chi connectivity index (χ1) is 10.8. The monoisotopic (exact) mass is 315 g/mol. The summed E-state index contributed by atoms with van der Waals surface area (Å²) in [5.74, 6) is 0.941. The molecule has 0 heterocycles. The van der Waals surface area contributed by atoms with E-state index in [2.05, 4.69) is 4.99 Å². The summed E-state index contributed by atoms with van der Waals surface area (Å²) >= 11 is 0. The Morgan fingerprint density at radius 2 is 1.91 bits per heavy atom. The van der Waals surface area contributed by atoms with Gasteiger partial charge >= 0.3 is 0 Å². The summed E-state index contributed by atoms with van der Waals surface area (Å²) in [7, 11) is 0. The van der Waals surface area contributed by atoms with Crippen LogP contribution in [0, 0.1) is 5.41 Å². The molecule has 1 aliphatic rings. The second-order valence-electron chi connectivity index (χ2n) is 7.08.